The number of rotatable bonds is 5. The minimum Gasteiger partial charge on any atom is -0.465 e. The van der Waals surface area contributed by atoms with Crippen LogP contribution in [0.25, 0.3) is 10.2 Å². The number of carbonyl (C=O) groups is 2. The number of aromatic nitrogens is 2. The van der Waals surface area contributed by atoms with Crippen molar-refractivity contribution in [3.8, 4) is 0 Å². The van der Waals surface area contributed by atoms with Gasteiger partial charge in [0, 0.05) is 23.4 Å². The molecule has 2 aromatic heterocycles. The van der Waals surface area contributed by atoms with E-state index in [1.165, 1.54) is 17.7 Å². The Balaban J connectivity index is 1.73. The van der Waals surface area contributed by atoms with Gasteiger partial charge in [-0.05, 0) is 56.9 Å². The number of nitrogens with zero attached hydrogens (tertiary/aromatic N) is 3. The fourth-order valence-corrected chi connectivity index (χ4v) is 5.95. The molecule has 1 unspecified atom stereocenters. The third-order valence-corrected chi connectivity index (χ3v) is 7.85. The van der Waals surface area contributed by atoms with Gasteiger partial charge in [0.15, 0.2) is 5.92 Å². The number of carbonyl (C=O) groups excluding carboxylic acids is 2. The Morgan fingerprint density at radius 1 is 1.25 bits per heavy atom. The molecular formula is C24H33N3O4S. The van der Waals surface area contributed by atoms with Crippen molar-refractivity contribution < 1.29 is 19.1 Å². The third kappa shape index (κ3) is 4.81. The van der Waals surface area contributed by atoms with Gasteiger partial charge in [-0.25, -0.2) is 9.97 Å². The first kappa shape index (κ1) is 23.1. The number of esters is 1. The molecule has 1 saturated carbocycles. The van der Waals surface area contributed by atoms with Gasteiger partial charge in [0.05, 0.1) is 25.5 Å². The van der Waals surface area contributed by atoms with Crippen molar-refractivity contribution in [1.29, 1.82) is 0 Å². The molecule has 8 heteroatoms. The van der Waals surface area contributed by atoms with E-state index in [4.69, 9.17) is 9.47 Å². The summed E-state index contributed by atoms with van der Waals surface area (Å²) in [5.41, 5.74) is 0.870. The average molecular weight is 460 g/mol. The number of fused-ring (bicyclic) bond motifs is 1. The van der Waals surface area contributed by atoms with E-state index in [1.54, 1.807) is 23.2 Å². The molecule has 2 fully saturated rings. The lowest BCUT2D eigenvalue weighted by molar-refractivity contribution is -0.152. The van der Waals surface area contributed by atoms with Gasteiger partial charge in [0.2, 0.25) is 5.91 Å². The smallest absolute Gasteiger partial charge is 0.324 e. The summed E-state index contributed by atoms with van der Waals surface area (Å²) < 4.78 is 10.7. The summed E-state index contributed by atoms with van der Waals surface area (Å²) in [6.07, 6.45) is 4.69. The van der Waals surface area contributed by atoms with E-state index >= 15 is 0 Å². The molecule has 2 aromatic rings. The minimum atomic E-state index is -1.08. The molecule has 174 valence electrons. The molecule has 32 heavy (non-hydrogen) atoms. The third-order valence-electron chi connectivity index (χ3n) is 6.66. The number of thiophene rings is 1. The second-order valence-electron chi connectivity index (χ2n) is 9.58. The average Bonchev–Trinajstić information content (AvgIpc) is 3.18. The zero-order valence-electron chi connectivity index (χ0n) is 19.5. The van der Waals surface area contributed by atoms with Crippen LogP contribution in [0.3, 0.4) is 0 Å². The molecule has 0 radical (unpaired) electrons. The minimum absolute atomic E-state index is 0.214. The Labute approximate surface area is 193 Å². The van der Waals surface area contributed by atoms with Gasteiger partial charge in [0.1, 0.15) is 10.7 Å². The molecule has 0 spiro atoms. The SMILES string of the molecule is CCOC(=O)C(C(=O)N1CCOCC1)c1nc(C)nc2sc(C3CCC(C)(C)CC3)cc12. The highest BCUT2D eigenvalue weighted by Crippen LogP contribution is 2.45. The maximum absolute atomic E-state index is 13.5. The van der Waals surface area contributed by atoms with E-state index in [-0.39, 0.29) is 12.5 Å². The molecule has 1 atom stereocenters. The van der Waals surface area contributed by atoms with E-state index in [2.05, 4.69) is 29.9 Å². The number of ether oxygens (including phenoxy) is 2. The van der Waals surface area contributed by atoms with E-state index in [0.717, 1.165) is 23.1 Å². The van der Waals surface area contributed by atoms with Crippen LogP contribution in [-0.2, 0) is 19.1 Å². The molecule has 1 aliphatic heterocycles. The maximum Gasteiger partial charge on any atom is 0.324 e. The highest BCUT2D eigenvalue weighted by atomic mass is 32.1. The number of hydrogen-bond acceptors (Lipinski definition) is 7. The maximum atomic E-state index is 13.5. The monoisotopic (exact) mass is 459 g/mol. The van der Waals surface area contributed by atoms with Crippen molar-refractivity contribution in [2.24, 2.45) is 5.41 Å². The first-order valence-corrected chi connectivity index (χ1v) is 12.4. The first-order valence-electron chi connectivity index (χ1n) is 11.6. The quantitative estimate of drug-likeness (QED) is 0.493. The molecule has 1 amide bonds. The van der Waals surface area contributed by atoms with Crippen LogP contribution >= 0.6 is 11.3 Å². The van der Waals surface area contributed by atoms with Crippen molar-refractivity contribution in [2.75, 3.05) is 32.9 Å². The number of aryl methyl sites for hydroxylation is 1. The van der Waals surface area contributed by atoms with Gasteiger partial charge >= 0.3 is 5.97 Å². The second kappa shape index (κ2) is 9.43. The molecule has 4 rings (SSSR count). The van der Waals surface area contributed by atoms with E-state index < -0.39 is 11.9 Å². The predicted molar refractivity (Wildman–Crippen MR) is 124 cm³/mol. The summed E-state index contributed by atoms with van der Waals surface area (Å²) in [7, 11) is 0. The van der Waals surface area contributed by atoms with Crippen LogP contribution in [0, 0.1) is 12.3 Å². The zero-order valence-corrected chi connectivity index (χ0v) is 20.3. The van der Waals surface area contributed by atoms with Crippen molar-refractivity contribution in [3.05, 3.63) is 22.5 Å². The molecule has 1 saturated heterocycles. The highest BCUT2D eigenvalue weighted by molar-refractivity contribution is 7.18. The topological polar surface area (TPSA) is 81.6 Å². The predicted octanol–water partition coefficient (Wildman–Crippen LogP) is 4.19. The summed E-state index contributed by atoms with van der Waals surface area (Å²) in [6.45, 7) is 10.3. The van der Waals surface area contributed by atoms with Crippen LogP contribution in [-0.4, -0.2) is 59.7 Å². The highest BCUT2D eigenvalue weighted by Gasteiger charge is 2.38. The Bertz CT molecular complexity index is 987. The Kier molecular flexibility index (Phi) is 6.81. The fourth-order valence-electron chi connectivity index (χ4n) is 4.70. The largest absolute Gasteiger partial charge is 0.465 e. The van der Waals surface area contributed by atoms with Crippen molar-refractivity contribution in [3.63, 3.8) is 0 Å². The van der Waals surface area contributed by atoms with E-state index in [9.17, 15) is 9.59 Å². The van der Waals surface area contributed by atoms with Gasteiger partial charge in [-0.3, -0.25) is 9.59 Å². The zero-order chi connectivity index (χ0) is 22.9. The van der Waals surface area contributed by atoms with Gasteiger partial charge in [-0.2, -0.15) is 0 Å². The Morgan fingerprint density at radius 2 is 1.94 bits per heavy atom. The van der Waals surface area contributed by atoms with Crippen LogP contribution in [0.2, 0.25) is 0 Å². The fraction of sp³-hybridized carbons (Fsp3) is 0.667. The van der Waals surface area contributed by atoms with E-state index in [0.29, 0.717) is 49.2 Å². The van der Waals surface area contributed by atoms with Gasteiger partial charge in [0.25, 0.3) is 0 Å². The van der Waals surface area contributed by atoms with Crippen LogP contribution in [0.1, 0.15) is 74.7 Å². The molecule has 0 N–H and O–H groups in total. The van der Waals surface area contributed by atoms with Gasteiger partial charge < -0.3 is 14.4 Å². The summed E-state index contributed by atoms with van der Waals surface area (Å²) in [6, 6.07) is 2.12. The summed E-state index contributed by atoms with van der Waals surface area (Å²) in [5.74, 6) is -0.833. The lowest BCUT2D eigenvalue weighted by Gasteiger charge is -2.33. The van der Waals surface area contributed by atoms with Crippen molar-refractivity contribution in [2.45, 2.75) is 65.2 Å². The molecule has 2 aliphatic rings. The van der Waals surface area contributed by atoms with Crippen LogP contribution in [0.5, 0.6) is 0 Å². The molecular weight excluding hydrogens is 426 g/mol. The van der Waals surface area contributed by atoms with Crippen LogP contribution < -0.4 is 0 Å². The summed E-state index contributed by atoms with van der Waals surface area (Å²) >= 11 is 1.67. The lowest BCUT2D eigenvalue weighted by atomic mass is 9.73. The number of morpholine rings is 1. The molecule has 0 aromatic carbocycles. The van der Waals surface area contributed by atoms with Crippen LogP contribution in [0.4, 0.5) is 0 Å². The second-order valence-corrected chi connectivity index (χ2v) is 10.6. The van der Waals surface area contributed by atoms with E-state index in [1.807, 2.05) is 6.92 Å². The summed E-state index contributed by atoms with van der Waals surface area (Å²) in [4.78, 5) is 39.5. The van der Waals surface area contributed by atoms with Gasteiger partial charge in [-0.15, -0.1) is 11.3 Å². The Hall–Kier alpha value is -2.06. The first-order chi connectivity index (χ1) is 15.3. The molecule has 1 aliphatic carbocycles. The molecule has 7 nitrogen and oxygen atoms in total. The molecule has 3 heterocycles. The van der Waals surface area contributed by atoms with Gasteiger partial charge in [-0.1, -0.05) is 13.8 Å². The molecule has 0 bridgehead atoms. The standard InChI is InChI=1S/C24H33N3O4S/c1-5-31-23(29)19(22(28)27-10-12-30-13-11-27)20-17-14-18(32-21(17)26-15(2)25-20)16-6-8-24(3,4)9-7-16/h14,16,19H,5-13H2,1-4H3. The summed E-state index contributed by atoms with van der Waals surface area (Å²) in [5, 5.41) is 0.806. The Morgan fingerprint density at radius 3 is 2.59 bits per heavy atom. The van der Waals surface area contributed by atoms with Crippen molar-refractivity contribution >= 4 is 33.4 Å². The van der Waals surface area contributed by atoms with Crippen LogP contribution in [0.15, 0.2) is 6.07 Å². The number of amides is 1. The lowest BCUT2D eigenvalue weighted by Crippen LogP contribution is -2.45. The number of hydrogen-bond donors (Lipinski definition) is 0. The normalized spacial score (nSPS) is 20.3. The van der Waals surface area contributed by atoms with Crippen molar-refractivity contribution in [1.82, 2.24) is 14.9 Å².